The Bertz CT molecular complexity index is 892. The maximum Gasteiger partial charge on any atom is 0.271 e. The smallest absolute Gasteiger partial charge is 0.271 e. The molecule has 2 rings (SSSR count). The first-order valence-electron chi connectivity index (χ1n) is 7.93. The molecule has 0 heterocycles. The third-order valence-corrected chi connectivity index (χ3v) is 3.79. The Balaban J connectivity index is 2.26. The van der Waals surface area contributed by atoms with Crippen LogP contribution in [-0.4, -0.2) is 32.2 Å². The SMILES string of the molecule is COc1ccc([N+](=O)[O-])cc1NC(=O)/C(C)=C/c1ccc(OC)c(OC)c1. The van der Waals surface area contributed by atoms with E-state index in [-0.39, 0.29) is 11.4 Å². The van der Waals surface area contributed by atoms with Gasteiger partial charge in [-0.2, -0.15) is 0 Å². The van der Waals surface area contributed by atoms with Gasteiger partial charge in [-0.05, 0) is 36.8 Å². The molecule has 0 saturated carbocycles. The third-order valence-electron chi connectivity index (χ3n) is 3.79. The van der Waals surface area contributed by atoms with Crippen molar-refractivity contribution in [3.05, 3.63) is 57.6 Å². The topological polar surface area (TPSA) is 99.9 Å². The van der Waals surface area contributed by atoms with Crippen molar-refractivity contribution in [1.82, 2.24) is 0 Å². The fourth-order valence-corrected chi connectivity index (χ4v) is 2.39. The Morgan fingerprint density at radius 3 is 2.22 bits per heavy atom. The van der Waals surface area contributed by atoms with E-state index in [4.69, 9.17) is 14.2 Å². The van der Waals surface area contributed by atoms with Crippen LogP contribution in [0.15, 0.2) is 42.0 Å². The summed E-state index contributed by atoms with van der Waals surface area (Å²) in [6.45, 7) is 1.63. The van der Waals surface area contributed by atoms with Crippen LogP contribution in [0.3, 0.4) is 0 Å². The van der Waals surface area contributed by atoms with Crippen LogP contribution in [-0.2, 0) is 4.79 Å². The summed E-state index contributed by atoms with van der Waals surface area (Å²) in [6.07, 6.45) is 1.67. The maximum atomic E-state index is 12.5. The standard InChI is InChI=1S/C19H20N2O6/c1-12(9-13-5-7-17(26-3)18(10-13)27-4)19(22)20-15-11-14(21(23)24)6-8-16(15)25-2/h5-11H,1-4H3,(H,20,22)/b12-9+. The molecule has 0 spiro atoms. The highest BCUT2D eigenvalue weighted by atomic mass is 16.6. The van der Waals surface area contributed by atoms with Gasteiger partial charge < -0.3 is 19.5 Å². The van der Waals surface area contributed by atoms with Crippen molar-refractivity contribution in [1.29, 1.82) is 0 Å². The number of nitrogens with one attached hydrogen (secondary N) is 1. The lowest BCUT2D eigenvalue weighted by atomic mass is 10.1. The van der Waals surface area contributed by atoms with Crippen LogP contribution >= 0.6 is 0 Å². The first kappa shape index (κ1) is 19.8. The number of rotatable bonds is 7. The number of hydrogen-bond acceptors (Lipinski definition) is 6. The maximum absolute atomic E-state index is 12.5. The zero-order valence-electron chi connectivity index (χ0n) is 15.4. The molecule has 0 aromatic heterocycles. The molecular formula is C19H20N2O6. The number of benzene rings is 2. The van der Waals surface area contributed by atoms with Crippen LogP contribution in [0.25, 0.3) is 6.08 Å². The van der Waals surface area contributed by atoms with E-state index in [1.54, 1.807) is 38.3 Å². The third kappa shape index (κ3) is 4.75. The normalized spacial score (nSPS) is 10.9. The summed E-state index contributed by atoms with van der Waals surface area (Å²) in [4.78, 5) is 22.9. The molecule has 8 heteroatoms. The molecule has 0 aliphatic rings. The average molecular weight is 372 g/mol. The summed E-state index contributed by atoms with van der Waals surface area (Å²) in [5, 5.41) is 13.6. The van der Waals surface area contributed by atoms with Gasteiger partial charge in [0.1, 0.15) is 5.75 Å². The van der Waals surface area contributed by atoms with Crippen LogP contribution in [0.4, 0.5) is 11.4 Å². The van der Waals surface area contributed by atoms with Gasteiger partial charge >= 0.3 is 0 Å². The number of nitro groups is 1. The summed E-state index contributed by atoms with van der Waals surface area (Å²) in [6, 6.07) is 9.25. The van der Waals surface area contributed by atoms with Gasteiger partial charge in [0.25, 0.3) is 11.6 Å². The second-order valence-corrected chi connectivity index (χ2v) is 5.54. The van der Waals surface area contributed by atoms with Crippen molar-refractivity contribution in [2.24, 2.45) is 0 Å². The van der Waals surface area contributed by atoms with Crippen LogP contribution in [0.5, 0.6) is 17.2 Å². The van der Waals surface area contributed by atoms with Gasteiger partial charge in [0.05, 0.1) is 31.9 Å². The summed E-state index contributed by atoms with van der Waals surface area (Å²) < 4.78 is 15.6. The minimum Gasteiger partial charge on any atom is -0.495 e. The van der Waals surface area contributed by atoms with E-state index >= 15 is 0 Å². The second kappa shape index (κ2) is 8.70. The Morgan fingerprint density at radius 2 is 1.63 bits per heavy atom. The second-order valence-electron chi connectivity index (χ2n) is 5.54. The number of anilines is 1. The van der Waals surface area contributed by atoms with E-state index in [2.05, 4.69) is 5.32 Å². The number of amides is 1. The quantitative estimate of drug-likeness (QED) is 0.452. The molecule has 0 aliphatic carbocycles. The molecule has 27 heavy (non-hydrogen) atoms. The zero-order chi connectivity index (χ0) is 20.0. The number of ether oxygens (including phenoxy) is 3. The fraction of sp³-hybridized carbons (Fsp3) is 0.211. The highest BCUT2D eigenvalue weighted by Crippen LogP contribution is 2.30. The Morgan fingerprint density at radius 1 is 1.00 bits per heavy atom. The summed E-state index contributed by atoms with van der Waals surface area (Å²) in [7, 11) is 4.49. The number of methoxy groups -OCH3 is 3. The number of nitro benzene ring substituents is 1. The predicted molar refractivity (Wildman–Crippen MR) is 101 cm³/mol. The van der Waals surface area contributed by atoms with Crippen LogP contribution in [0.1, 0.15) is 12.5 Å². The minimum atomic E-state index is -0.540. The molecule has 0 aliphatic heterocycles. The number of hydrogen-bond donors (Lipinski definition) is 1. The van der Waals surface area contributed by atoms with E-state index in [1.165, 1.54) is 32.4 Å². The minimum absolute atomic E-state index is 0.146. The lowest BCUT2D eigenvalue weighted by molar-refractivity contribution is -0.384. The molecule has 142 valence electrons. The van der Waals surface area contributed by atoms with Gasteiger partial charge in [-0.3, -0.25) is 14.9 Å². The molecule has 2 aromatic carbocycles. The van der Waals surface area contributed by atoms with Gasteiger partial charge in [0.15, 0.2) is 11.5 Å². The largest absolute Gasteiger partial charge is 0.495 e. The molecule has 0 bridgehead atoms. The molecule has 0 radical (unpaired) electrons. The zero-order valence-corrected chi connectivity index (χ0v) is 15.4. The highest BCUT2D eigenvalue weighted by Gasteiger charge is 2.14. The van der Waals surface area contributed by atoms with Crippen molar-refractivity contribution in [2.75, 3.05) is 26.6 Å². The average Bonchev–Trinajstić information content (AvgIpc) is 2.67. The van der Waals surface area contributed by atoms with Crippen molar-refractivity contribution in [3.63, 3.8) is 0 Å². The van der Waals surface area contributed by atoms with Crippen LogP contribution < -0.4 is 19.5 Å². The van der Waals surface area contributed by atoms with Crippen molar-refractivity contribution in [3.8, 4) is 17.2 Å². The van der Waals surface area contributed by atoms with Gasteiger partial charge in [-0.1, -0.05) is 6.07 Å². The lowest BCUT2D eigenvalue weighted by Crippen LogP contribution is -2.13. The molecule has 1 amide bonds. The summed E-state index contributed by atoms with van der Waals surface area (Å²) in [5.41, 5.74) is 1.21. The monoisotopic (exact) mass is 372 g/mol. The fourth-order valence-electron chi connectivity index (χ4n) is 2.39. The molecular weight excluding hydrogens is 352 g/mol. The Labute approximate surface area is 156 Å². The summed E-state index contributed by atoms with van der Waals surface area (Å²) in [5.74, 6) is 1.04. The molecule has 0 fully saturated rings. The Kier molecular flexibility index (Phi) is 6.37. The molecule has 0 atom stereocenters. The first-order chi connectivity index (χ1) is 12.9. The molecule has 0 saturated heterocycles. The molecule has 0 unspecified atom stereocenters. The van der Waals surface area contributed by atoms with E-state index in [0.717, 1.165) is 5.56 Å². The van der Waals surface area contributed by atoms with Crippen LogP contribution in [0.2, 0.25) is 0 Å². The molecule has 1 N–H and O–H groups in total. The number of carbonyl (C=O) groups is 1. The van der Waals surface area contributed by atoms with Gasteiger partial charge in [0, 0.05) is 17.7 Å². The van der Waals surface area contributed by atoms with Crippen molar-refractivity contribution in [2.45, 2.75) is 6.92 Å². The van der Waals surface area contributed by atoms with Crippen molar-refractivity contribution >= 4 is 23.4 Å². The number of non-ortho nitro benzene ring substituents is 1. The molecule has 2 aromatic rings. The van der Waals surface area contributed by atoms with Crippen LogP contribution in [0, 0.1) is 10.1 Å². The van der Waals surface area contributed by atoms with Gasteiger partial charge in [-0.15, -0.1) is 0 Å². The van der Waals surface area contributed by atoms with Gasteiger partial charge in [-0.25, -0.2) is 0 Å². The van der Waals surface area contributed by atoms with Crippen molar-refractivity contribution < 1.29 is 23.9 Å². The van der Waals surface area contributed by atoms with Gasteiger partial charge in [0.2, 0.25) is 0 Å². The number of nitrogens with zero attached hydrogens (tertiary/aromatic N) is 1. The number of carbonyl (C=O) groups excluding carboxylic acids is 1. The summed E-state index contributed by atoms with van der Waals surface area (Å²) >= 11 is 0. The van der Waals surface area contributed by atoms with E-state index in [1.807, 2.05) is 0 Å². The van der Waals surface area contributed by atoms with E-state index in [9.17, 15) is 14.9 Å². The van der Waals surface area contributed by atoms with E-state index in [0.29, 0.717) is 22.8 Å². The molecule has 8 nitrogen and oxygen atoms in total. The Hall–Kier alpha value is -3.55. The predicted octanol–water partition coefficient (Wildman–Crippen LogP) is 3.66. The van der Waals surface area contributed by atoms with E-state index < -0.39 is 10.8 Å². The highest BCUT2D eigenvalue weighted by molar-refractivity contribution is 6.07. The lowest BCUT2D eigenvalue weighted by Gasteiger charge is -2.11. The first-order valence-corrected chi connectivity index (χ1v) is 7.93.